The van der Waals surface area contributed by atoms with Gasteiger partial charge in [0.25, 0.3) is 10.0 Å². The van der Waals surface area contributed by atoms with Crippen molar-refractivity contribution in [3.05, 3.63) is 76.9 Å². The first-order valence-corrected chi connectivity index (χ1v) is 9.63. The Labute approximate surface area is 152 Å². The molecule has 0 bridgehead atoms. The molecule has 0 aliphatic carbocycles. The van der Waals surface area contributed by atoms with Crippen LogP contribution >= 0.6 is 0 Å². The monoisotopic (exact) mass is 373 g/mol. The third-order valence-electron chi connectivity index (χ3n) is 4.16. The zero-order valence-electron chi connectivity index (χ0n) is 14.8. The van der Waals surface area contributed by atoms with E-state index in [4.69, 9.17) is 0 Å². The summed E-state index contributed by atoms with van der Waals surface area (Å²) in [5.74, 6) is -0.789. The van der Waals surface area contributed by atoms with Crippen molar-refractivity contribution in [2.75, 3.05) is 4.72 Å². The average molecular weight is 373 g/mol. The Bertz CT molecular complexity index is 1060. The predicted octanol–water partition coefficient (Wildman–Crippen LogP) is 3.80. The largest absolute Gasteiger partial charge is 0.276 e. The molecule has 0 atom stereocenters. The van der Waals surface area contributed by atoms with Gasteiger partial charge in [0.2, 0.25) is 0 Å². The maximum Gasteiger partial charge on any atom is 0.264 e. The van der Waals surface area contributed by atoms with Gasteiger partial charge in [-0.1, -0.05) is 42.0 Å². The number of aryl methyl sites for hydroxylation is 2. The van der Waals surface area contributed by atoms with Gasteiger partial charge in [-0.25, -0.2) is 12.8 Å². The van der Waals surface area contributed by atoms with Crippen LogP contribution in [0.2, 0.25) is 0 Å². The van der Waals surface area contributed by atoms with Crippen LogP contribution in [0.4, 0.5) is 10.1 Å². The maximum absolute atomic E-state index is 13.9. The zero-order valence-corrected chi connectivity index (χ0v) is 15.6. The smallest absolute Gasteiger partial charge is 0.264 e. The summed E-state index contributed by atoms with van der Waals surface area (Å²) in [6, 6.07) is 13.3. The highest BCUT2D eigenvalue weighted by molar-refractivity contribution is 7.92. The van der Waals surface area contributed by atoms with Crippen LogP contribution < -0.4 is 4.72 Å². The van der Waals surface area contributed by atoms with Crippen LogP contribution in [0.3, 0.4) is 0 Å². The summed E-state index contributed by atoms with van der Waals surface area (Å²) in [5.41, 5.74) is 3.79. The Morgan fingerprint density at radius 2 is 1.81 bits per heavy atom. The van der Waals surface area contributed by atoms with Crippen LogP contribution in [0, 0.1) is 26.6 Å². The van der Waals surface area contributed by atoms with E-state index >= 15 is 0 Å². The molecule has 0 radical (unpaired) electrons. The van der Waals surface area contributed by atoms with Gasteiger partial charge in [0, 0.05) is 0 Å². The lowest BCUT2D eigenvalue weighted by Crippen LogP contribution is -2.15. The number of aromatic nitrogens is 2. The number of nitrogens with one attached hydrogen (secondary N) is 1. The molecule has 136 valence electrons. The molecule has 3 rings (SSSR count). The Morgan fingerprint density at radius 1 is 1.08 bits per heavy atom. The van der Waals surface area contributed by atoms with Crippen LogP contribution in [0.15, 0.2) is 53.4 Å². The van der Waals surface area contributed by atoms with Gasteiger partial charge in [-0.2, -0.15) is 5.10 Å². The molecular weight excluding hydrogens is 353 g/mol. The molecule has 7 heteroatoms. The molecule has 0 spiro atoms. The highest BCUT2D eigenvalue weighted by Crippen LogP contribution is 2.25. The van der Waals surface area contributed by atoms with E-state index in [1.807, 2.05) is 25.1 Å². The van der Waals surface area contributed by atoms with E-state index in [0.29, 0.717) is 23.6 Å². The molecule has 0 amide bonds. The Kier molecular flexibility index (Phi) is 4.82. The lowest BCUT2D eigenvalue weighted by atomic mass is 10.1. The lowest BCUT2D eigenvalue weighted by Gasteiger charge is -2.10. The SMILES string of the molecule is Cc1cccc(Cn2nc(C)c(NS(=O)(=O)c3ccccc3F)c2C)c1. The number of rotatable bonds is 5. The standard InChI is InChI=1S/C19H20FN3O2S/c1-13-7-6-8-16(11-13)12-23-15(3)19(14(2)21-23)22-26(24,25)18-10-5-4-9-17(18)20/h4-11,22H,12H2,1-3H3. The van der Waals surface area contributed by atoms with Crippen LogP contribution in [0.5, 0.6) is 0 Å². The molecule has 2 aromatic carbocycles. The van der Waals surface area contributed by atoms with Crippen molar-refractivity contribution in [3.63, 3.8) is 0 Å². The summed E-state index contributed by atoms with van der Waals surface area (Å²) < 4.78 is 43.2. The normalized spacial score (nSPS) is 11.5. The van der Waals surface area contributed by atoms with Crippen molar-refractivity contribution in [2.24, 2.45) is 0 Å². The first kappa shape index (κ1) is 18.1. The molecule has 0 saturated carbocycles. The van der Waals surface area contributed by atoms with Crippen molar-refractivity contribution < 1.29 is 12.8 Å². The van der Waals surface area contributed by atoms with Gasteiger partial charge in [0.15, 0.2) is 0 Å². The molecule has 5 nitrogen and oxygen atoms in total. The van der Waals surface area contributed by atoms with Crippen LogP contribution in [-0.4, -0.2) is 18.2 Å². The number of benzene rings is 2. The average Bonchev–Trinajstić information content (AvgIpc) is 2.82. The second kappa shape index (κ2) is 6.92. The zero-order chi connectivity index (χ0) is 18.9. The third-order valence-corrected chi connectivity index (χ3v) is 5.54. The Balaban J connectivity index is 1.92. The first-order valence-electron chi connectivity index (χ1n) is 8.15. The van der Waals surface area contributed by atoms with Crippen molar-refractivity contribution in [2.45, 2.75) is 32.2 Å². The molecule has 0 unspecified atom stereocenters. The quantitative estimate of drug-likeness (QED) is 0.740. The number of hydrogen-bond donors (Lipinski definition) is 1. The fourth-order valence-corrected chi connectivity index (χ4v) is 4.09. The molecular formula is C19H20FN3O2S. The van der Waals surface area contributed by atoms with Crippen LogP contribution in [-0.2, 0) is 16.6 Å². The third kappa shape index (κ3) is 3.62. The second-order valence-electron chi connectivity index (χ2n) is 6.23. The predicted molar refractivity (Wildman–Crippen MR) is 99.2 cm³/mol. The Hall–Kier alpha value is -2.67. The molecule has 26 heavy (non-hydrogen) atoms. The summed E-state index contributed by atoms with van der Waals surface area (Å²) in [5, 5.41) is 4.43. The van der Waals surface area contributed by atoms with Crippen LogP contribution in [0.25, 0.3) is 0 Å². The van der Waals surface area contributed by atoms with Crippen molar-refractivity contribution in [1.29, 1.82) is 0 Å². The van der Waals surface area contributed by atoms with Crippen LogP contribution in [0.1, 0.15) is 22.5 Å². The number of nitrogens with zero attached hydrogens (tertiary/aromatic N) is 2. The van der Waals surface area contributed by atoms with Gasteiger partial charge in [0.1, 0.15) is 10.7 Å². The number of halogens is 1. The van der Waals surface area contributed by atoms with E-state index in [2.05, 4.69) is 15.9 Å². The van der Waals surface area contributed by atoms with E-state index in [1.165, 1.54) is 18.2 Å². The van der Waals surface area contributed by atoms with Gasteiger partial charge in [-0.05, 0) is 38.5 Å². The highest BCUT2D eigenvalue weighted by atomic mass is 32.2. The topological polar surface area (TPSA) is 64.0 Å². The minimum atomic E-state index is -4.03. The summed E-state index contributed by atoms with van der Waals surface area (Å²) >= 11 is 0. The van der Waals surface area contributed by atoms with Gasteiger partial charge in [-0.15, -0.1) is 0 Å². The number of anilines is 1. The highest BCUT2D eigenvalue weighted by Gasteiger charge is 2.22. The lowest BCUT2D eigenvalue weighted by molar-refractivity contribution is 0.570. The molecule has 1 N–H and O–H groups in total. The first-order chi connectivity index (χ1) is 12.3. The Morgan fingerprint density at radius 3 is 2.50 bits per heavy atom. The van der Waals surface area contributed by atoms with Gasteiger partial charge in [0.05, 0.1) is 23.6 Å². The minimum absolute atomic E-state index is 0.376. The van der Waals surface area contributed by atoms with E-state index in [0.717, 1.165) is 17.2 Å². The summed E-state index contributed by atoms with van der Waals surface area (Å²) in [6.07, 6.45) is 0. The minimum Gasteiger partial charge on any atom is -0.276 e. The van der Waals surface area contributed by atoms with Gasteiger partial charge < -0.3 is 0 Å². The van der Waals surface area contributed by atoms with Crippen molar-refractivity contribution in [1.82, 2.24) is 9.78 Å². The van der Waals surface area contributed by atoms with Gasteiger partial charge in [-0.3, -0.25) is 9.40 Å². The molecule has 0 aliphatic heterocycles. The molecule has 0 saturated heterocycles. The molecule has 3 aromatic rings. The van der Waals surface area contributed by atoms with Crippen molar-refractivity contribution >= 4 is 15.7 Å². The molecule has 0 fully saturated rings. The molecule has 1 heterocycles. The van der Waals surface area contributed by atoms with Crippen molar-refractivity contribution in [3.8, 4) is 0 Å². The van der Waals surface area contributed by atoms with E-state index in [-0.39, 0.29) is 4.90 Å². The van der Waals surface area contributed by atoms with E-state index in [1.54, 1.807) is 18.5 Å². The summed E-state index contributed by atoms with van der Waals surface area (Å²) in [4.78, 5) is -0.384. The number of hydrogen-bond acceptors (Lipinski definition) is 3. The maximum atomic E-state index is 13.9. The van der Waals surface area contributed by atoms with E-state index in [9.17, 15) is 12.8 Å². The molecule has 1 aromatic heterocycles. The second-order valence-corrected chi connectivity index (χ2v) is 7.88. The van der Waals surface area contributed by atoms with E-state index < -0.39 is 15.8 Å². The molecule has 0 aliphatic rings. The number of sulfonamides is 1. The summed E-state index contributed by atoms with van der Waals surface area (Å²) in [6.45, 7) is 6.04. The fourth-order valence-electron chi connectivity index (χ4n) is 2.83. The van der Waals surface area contributed by atoms with Gasteiger partial charge >= 0.3 is 0 Å². The fraction of sp³-hybridized carbons (Fsp3) is 0.211. The summed E-state index contributed by atoms with van der Waals surface area (Å²) in [7, 11) is -4.03.